The van der Waals surface area contributed by atoms with E-state index in [0.717, 1.165) is 17.4 Å². The molecular formula is C18H21ClFN5O2. The Balaban J connectivity index is 0.00000261. The Morgan fingerprint density at radius 3 is 2.74 bits per heavy atom. The van der Waals surface area contributed by atoms with Crippen LogP contribution in [0.2, 0.25) is 0 Å². The van der Waals surface area contributed by atoms with Crippen molar-refractivity contribution in [3.8, 4) is 6.07 Å². The molecule has 1 aliphatic rings. The van der Waals surface area contributed by atoms with Crippen molar-refractivity contribution in [3.05, 3.63) is 62.0 Å². The average molecular weight is 394 g/mol. The molecule has 1 saturated heterocycles. The summed E-state index contributed by atoms with van der Waals surface area (Å²) < 4.78 is 16.1. The monoisotopic (exact) mass is 393 g/mol. The average Bonchev–Trinajstić information content (AvgIpc) is 2.62. The molecule has 0 unspecified atom stereocenters. The molecule has 7 nitrogen and oxygen atoms in total. The maximum absolute atomic E-state index is 13.7. The van der Waals surface area contributed by atoms with Gasteiger partial charge in [0.1, 0.15) is 11.6 Å². The molecule has 9 heteroatoms. The summed E-state index contributed by atoms with van der Waals surface area (Å²) in [5, 5.41) is 9.27. The zero-order valence-corrected chi connectivity index (χ0v) is 15.7. The quantitative estimate of drug-likeness (QED) is 0.837. The van der Waals surface area contributed by atoms with Gasteiger partial charge in [-0.15, -0.1) is 12.4 Å². The van der Waals surface area contributed by atoms with Crippen LogP contribution in [0.25, 0.3) is 0 Å². The van der Waals surface area contributed by atoms with Gasteiger partial charge in [0.15, 0.2) is 0 Å². The van der Waals surface area contributed by atoms with Crippen molar-refractivity contribution in [2.24, 2.45) is 12.8 Å². The number of aromatic nitrogens is 2. The number of benzene rings is 1. The molecule has 0 bridgehead atoms. The standard InChI is InChI=1S/C18H20FN5O2.ClH/c1-22-17(25)8-16(23-6-2-3-15(21)11-23)24(18(22)26)10-13-7-14(19)5-4-12(13)9-20;/h4-5,7-8,15H,2-3,6,10-11,21H2,1H3;1H/t15-;/m1./s1. The molecule has 144 valence electrons. The lowest BCUT2D eigenvalue weighted by molar-refractivity contribution is 0.491. The van der Waals surface area contributed by atoms with Gasteiger partial charge in [-0.25, -0.2) is 9.18 Å². The van der Waals surface area contributed by atoms with Crippen LogP contribution in [0.15, 0.2) is 33.9 Å². The fourth-order valence-corrected chi connectivity index (χ4v) is 3.26. The Hall–Kier alpha value is -2.63. The summed E-state index contributed by atoms with van der Waals surface area (Å²) in [6, 6.07) is 7.19. The summed E-state index contributed by atoms with van der Waals surface area (Å²) in [5.41, 5.74) is 5.77. The zero-order valence-electron chi connectivity index (χ0n) is 14.9. The molecule has 0 radical (unpaired) electrons. The van der Waals surface area contributed by atoms with Crippen LogP contribution in [0.3, 0.4) is 0 Å². The minimum Gasteiger partial charge on any atom is -0.356 e. The van der Waals surface area contributed by atoms with E-state index in [1.165, 1.54) is 35.9 Å². The van der Waals surface area contributed by atoms with Crippen LogP contribution in [0.1, 0.15) is 24.0 Å². The topological polar surface area (TPSA) is 97.1 Å². The van der Waals surface area contributed by atoms with E-state index in [-0.39, 0.29) is 30.6 Å². The van der Waals surface area contributed by atoms with Crippen molar-refractivity contribution >= 4 is 18.2 Å². The van der Waals surface area contributed by atoms with Crippen LogP contribution in [0.4, 0.5) is 10.2 Å². The van der Waals surface area contributed by atoms with Gasteiger partial charge in [0.05, 0.1) is 18.2 Å². The van der Waals surface area contributed by atoms with Gasteiger partial charge < -0.3 is 10.6 Å². The Bertz CT molecular complexity index is 995. The second-order valence-corrected chi connectivity index (χ2v) is 6.53. The summed E-state index contributed by atoms with van der Waals surface area (Å²) in [6.07, 6.45) is 1.74. The first-order valence-electron chi connectivity index (χ1n) is 8.40. The molecule has 3 rings (SSSR count). The molecule has 27 heavy (non-hydrogen) atoms. The van der Waals surface area contributed by atoms with Crippen molar-refractivity contribution in [2.75, 3.05) is 18.0 Å². The molecule has 1 aromatic carbocycles. The van der Waals surface area contributed by atoms with E-state index in [1.54, 1.807) is 0 Å². The van der Waals surface area contributed by atoms with Gasteiger partial charge in [-0.2, -0.15) is 5.26 Å². The lowest BCUT2D eigenvalue weighted by atomic mass is 10.1. The molecule has 0 saturated carbocycles. The normalized spacial score (nSPS) is 16.5. The maximum atomic E-state index is 13.7. The van der Waals surface area contributed by atoms with Gasteiger partial charge in [0.2, 0.25) is 0 Å². The number of anilines is 1. The van der Waals surface area contributed by atoms with Crippen LogP contribution < -0.4 is 21.9 Å². The fourth-order valence-electron chi connectivity index (χ4n) is 3.26. The lowest BCUT2D eigenvalue weighted by Crippen LogP contribution is -2.47. The molecule has 1 fully saturated rings. The third kappa shape index (κ3) is 4.21. The van der Waals surface area contributed by atoms with E-state index in [9.17, 15) is 19.2 Å². The zero-order chi connectivity index (χ0) is 18.8. The number of nitrogens with zero attached hydrogens (tertiary/aromatic N) is 4. The highest BCUT2D eigenvalue weighted by Gasteiger charge is 2.22. The Labute approximate surface area is 161 Å². The van der Waals surface area contributed by atoms with E-state index >= 15 is 0 Å². The lowest BCUT2D eigenvalue weighted by Gasteiger charge is -2.34. The summed E-state index contributed by atoms with van der Waals surface area (Å²) in [5.74, 6) is -0.0418. The van der Waals surface area contributed by atoms with E-state index in [0.29, 0.717) is 24.5 Å². The molecule has 1 aliphatic heterocycles. The van der Waals surface area contributed by atoms with Crippen molar-refractivity contribution < 1.29 is 4.39 Å². The van der Waals surface area contributed by atoms with E-state index in [1.807, 2.05) is 11.0 Å². The van der Waals surface area contributed by atoms with Crippen molar-refractivity contribution in [2.45, 2.75) is 25.4 Å². The smallest absolute Gasteiger partial charge is 0.332 e. The first-order chi connectivity index (χ1) is 12.4. The van der Waals surface area contributed by atoms with Gasteiger partial charge >= 0.3 is 5.69 Å². The number of rotatable bonds is 3. The van der Waals surface area contributed by atoms with E-state index < -0.39 is 17.1 Å². The van der Waals surface area contributed by atoms with Crippen LogP contribution in [-0.4, -0.2) is 28.3 Å². The number of hydrogen-bond acceptors (Lipinski definition) is 5. The Morgan fingerprint density at radius 2 is 2.07 bits per heavy atom. The van der Waals surface area contributed by atoms with Crippen LogP contribution in [0, 0.1) is 17.1 Å². The molecule has 2 N–H and O–H groups in total. The highest BCUT2D eigenvalue weighted by molar-refractivity contribution is 5.85. The van der Waals surface area contributed by atoms with E-state index in [2.05, 4.69) is 0 Å². The first kappa shape index (κ1) is 20.7. The summed E-state index contributed by atoms with van der Waals surface area (Å²) in [4.78, 5) is 26.8. The van der Waals surface area contributed by atoms with Gasteiger partial charge in [0.25, 0.3) is 5.56 Å². The summed E-state index contributed by atoms with van der Waals surface area (Å²) >= 11 is 0. The molecule has 1 aromatic heterocycles. The number of nitrogens with two attached hydrogens (primary N) is 1. The van der Waals surface area contributed by atoms with Crippen molar-refractivity contribution in [1.82, 2.24) is 9.13 Å². The van der Waals surface area contributed by atoms with Crippen molar-refractivity contribution in [3.63, 3.8) is 0 Å². The van der Waals surface area contributed by atoms with Gasteiger partial charge in [-0.3, -0.25) is 13.9 Å². The van der Waals surface area contributed by atoms with Crippen LogP contribution in [-0.2, 0) is 13.6 Å². The second kappa shape index (κ2) is 8.37. The van der Waals surface area contributed by atoms with Crippen LogP contribution >= 0.6 is 12.4 Å². The first-order valence-corrected chi connectivity index (χ1v) is 8.40. The fraction of sp³-hybridized carbons (Fsp3) is 0.389. The molecule has 2 heterocycles. The molecule has 1 atom stereocenters. The number of halogens is 2. The number of hydrogen-bond donors (Lipinski definition) is 1. The molecule has 0 amide bonds. The molecular weight excluding hydrogens is 373 g/mol. The van der Waals surface area contributed by atoms with Crippen LogP contribution in [0.5, 0.6) is 0 Å². The largest absolute Gasteiger partial charge is 0.356 e. The Morgan fingerprint density at radius 1 is 1.33 bits per heavy atom. The van der Waals surface area contributed by atoms with Gasteiger partial charge in [-0.05, 0) is 36.6 Å². The highest BCUT2D eigenvalue weighted by atomic mass is 35.5. The highest BCUT2D eigenvalue weighted by Crippen LogP contribution is 2.19. The third-order valence-electron chi connectivity index (χ3n) is 4.68. The molecule has 0 spiro atoms. The minimum absolute atomic E-state index is 0. The second-order valence-electron chi connectivity index (χ2n) is 6.53. The third-order valence-corrected chi connectivity index (χ3v) is 4.68. The summed E-state index contributed by atoms with van der Waals surface area (Å²) in [6.45, 7) is 1.20. The molecule has 2 aromatic rings. The molecule has 0 aliphatic carbocycles. The maximum Gasteiger partial charge on any atom is 0.332 e. The number of nitriles is 1. The summed E-state index contributed by atoms with van der Waals surface area (Å²) in [7, 11) is 1.39. The minimum atomic E-state index is -0.514. The van der Waals surface area contributed by atoms with Gasteiger partial charge in [-0.1, -0.05) is 0 Å². The predicted molar refractivity (Wildman–Crippen MR) is 103 cm³/mol. The number of piperidine rings is 1. The van der Waals surface area contributed by atoms with Crippen molar-refractivity contribution in [1.29, 1.82) is 5.26 Å². The van der Waals surface area contributed by atoms with E-state index in [4.69, 9.17) is 5.73 Å². The predicted octanol–water partition coefficient (Wildman–Crippen LogP) is 0.955. The SMILES string of the molecule is Cl.Cn1c(=O)cc(N2CCC[C@@H](N)C2)n(Cc2cc(F)ccc2C#N)c1=O. The Kier molecular flexibility index (Phi) is 6.41. The van der Waals surface area contributed by atoms with Gasteiger partial charge in [0, 0.05) is 32.2 Å².